The second-order valence-electron chi connectivity index (χ2n) is 9.27. The van der Waals surface area contributed by atoms with Crippen molar-refractivity contribution in [3.05, 3.63) is 58.1 Å². The molecule has 0 bridgehead atoms. The zero-order chi connectivity index (χ0) is 25.4. The zero-order valence-corrected chi connectivity index (χ0v) is 20.8. The van der Waals surface area contributed by atoms with Gasteiger partial charge in [0.1, 0.15) is 22.9 Å². The van der Waals surface area contributed by atoms with Gasteiger partial charge in [-0.05, 0) is 43.7 Å². The highest BCUT2D eigenvalue weighted by atomic mass is 19.1. The lowest BCUT2D eigenvalue weighted by atomic mass is 10.1. The summed E-state index contributed by atoms with van der Waals surface area (Å²) in [4.78, 5) is 31.1. The number of nitrogens with zero attached hydrogens (tertiary/aromatic N) is 3. The highest BCUT2D eigenvalue weighted by Crippen LogP contribution is 2.38. The van der Waals surface area contributed by atoms with Crippen molar-refractivity contribution < 1.29 is 18.7 Å². The van der Waals surface area contributed by atoms with E-state index < -0.39 is 17.2 Å². The number of likely N-dealkylation sites (N-methyl/N-ethyl adjacent to an activating group) is 1. The minimum absolute atomic E-state index is 0.0389. The summed E-state index contributed by atoms with van der Waals surface area (Å²) in [5.41, 5.74) is 1.01. The molecule has 1 aliphatic carbocycles. The molecule has 2 fully saturated rings. The highest BCUT2D eigenvalue weighted by Gasteiger charge is 2.29. The number of anilines is 2. The Morgan fingerprint density at radius 2 is 1.83 bits per heavy atom. The first-order valence-corrected chi connectivity index (χ1v) is 12.3. The van der Waals surface area contributed by atoms with Crippen LogP contribution in [0.3, 0.4) is 0 Å². The molecule has 2 aromatic carbocycles. The lowest BCUT2D eigenvalue weighted by Crippen LogP contribution is -2.46. The van der Waals surface area contributed by atoms with Crippen LogP contribution in [0.15, 0.2) is 41.3 Å². The average molecular weight is 495 g/mol. The number of ether oxygens (including phenoxy) is 2. The molecular weight excluding hydrogens is 463 g/mol. The molecule has 1 N–H and O–H groups in total. The number of nitrogens with one attached hydrogen (secondary N) is 1. The predicted molar refractivity (Wildman–Crippen MR) is 138 cm³/mol. The Labute approximate surface area is 209 Å². The maximum Gasteiger partial charge on any atom is 0.261 e. The smallest absolute Gasteiger partial charge is 0.261 e. The molecule has 1 saturated heterocycles. The molecule has 1 amide bonds. The van der Waals surface area contributed by atoms with Crippen LogP contribution in [0.1, 0.15) is 36.2 Å². The van der Waals surface area contributed by atoms with Crippen molar-refractivity contribution in [1.82, 2.24) is 9.47 Å². The van der Waals surface area contributed by atoms with E-state index in [-0.39, 0.29) is 17.0 Å². The van der Waals surface area contributed by atoms with E-state index in [4.69, 9.17) is 9.47 Å². The van der Waals surface area contributed by atoms with E-state index in [1.165, 1.54) is 20.3 Å². The van der Waals surface area contributed by atoms with Gasteiger partial charge in [0.15, 0.2) is 0 Å². The fraction of sp³-hybridized carbons (Fsp3) is 0.407. The predicted octanol–water partition coefficient (Wildman–Crippen LogP) is 3.89. The van der Waals surface area contributed by atoms with Gasteiger partial charge in [-0.1, -0.05) is 6.92 Å². The molecule has 0 spiro atoms. The van der Waals surface area contributed by atoms with Gasteiger partial charge in [-0.25, -0.2) is 4.39 Å². The Morgan fingerprint density at radius 1 is 1.08 bits per heavy atom. The van der Waals surface area contributed by atoms with Gasteiger partial charge in [-0.2, -0.15) is 0 Å². The summed E-state index contributed by atoms with van der Waals surface area (Å²) in [5, 5.41) is 2.98. The third kappa shape index (κ3) is 4.51. The Bertz CT molecular complexity index is 1360. The van der Waals surface area contributed by atoms with E-state index in [1.807, 2.05) is 9.47 Å². The number of carbonyl (C=O) groups excluding carboxylic acids is 1. The molecule has 1 saturated carbocycles. The average Bonchev–Trinajstić information content (AvgIpc) is 3.74. The molecule has 1 aromatic heterocycles. The van der Waals surface area contributed by atoms with Crippen molar-refractivity contribution >= 4 is 28.2 Å². The number of halogens is 1. The van der Waals surface area contributed by atoms with Gasteiger partial charge in [0.2, 0.25) is 5.43 Å². The van der Waals surface area contributed by atoms with Gasteiger partial charge in [0.25, 0.3) is 5.91 Å². The summed E-state index contributed by atoms with van der Waals surface area (Å²) in [6, 6.07) is 8.27. The number of amides is 1. The van der Waals surface area contributed by atoms with E-state index in [0.29, 0.717) is 28.4 Å². The first-order chi connectivity index (χ1) is 17.4. The number of fused-ring (bicyclic) bond motifs is 1. The van der Waals surface area contributed by atoms with Gasteiger partial charge in [0, 0.05) is 49.9 Å². The van der Waals surface area contributed by atoms with Crippen molar-refractivity contribution in [3.8, 4) is 11.5 Å². The Balaban J connectivity index is 1.54. The number of benzene rings is 2. The number of hydrogen-bond acceptors (Lipinski definition) is 6. The van der Waals surface area contributed by atoms with Crippen molar-refractivity contribution in [2.75, 3.05) is 57.2 Å². The van der Waals surface area contributed by atoms with Crippen molar-refractivity contribution in [1.29, 1.82) is 0 Å². The zero-order valence-electron chi connectivity index (χ0n) is 20.8. The SMILES string of the molecule is CCN1CCN(c2cc3c(cc2F)c(=O)c(C(=O)Nc2cc(OC)ccc2OC)cn3C2CC2)CC1. The summed E-state index contributed by atoms with van der Waals surface area (Å²) in [6.45, 7) is 6.30. The second kappa shape index (κ2) is 9.81. The van der Waals surface area contributed by atoms with Crippen LogP contribution >= 0.6 is 0 Å². The third-order valence-corrected chi connectivity index (χ3v) is 7.10. The summed E-state index contributed by atoms with van der Waals surface area (Å²) in [7, 11) is 3.02. The number of piperazine rings is 1. The third-order valence-electron chi connectivity index (χ3n) is 7.10. The summed E-state index contributed by atoms with van der Waals surface area (Å²) in [6.07, 6.45) is 3.51. The van der Waals surface area contributed by atoms with Crippen LogP contribution in [0.2, 0.25) is 0 Å². The first kappa shape index (κ1) is 24.1. The van der Waals surface area contributed by atoms with Crippen LogP contribution in [0.5, 0.6) is 11.5 Å². The number of carbonyl (C=O) groups is 1. The van der Waals surface area contributed by atoms with Crippen LogP contribution < -0.4 is 25.1 Å². The maximum absolute atomic E-state index is 15.3. The standard InChI is InChI=1S/C27H31FN4O4/c1-4-30-9-11-31(12-10-30)24-15-23-19(14-21(24)28)26(33)20(16-32(23)17-5-6-17)27(34)29-22-13-18(35-2)7-8-25(22)36-3/h7-8,13-17H,4-6,9-12H2,1-3H3,(H,29,34). The quantitative estimate of drug-likeness (QED) is 0.537. The molecular formula is C27H31FN4O4. The van der Waals surface area contributed by atoms with Gasteiger partial charge < -0.3 is 29.2 Å². The van der Waals surface area contributed by atoms with Crippen LogP contribution in [0.25, 0.3) is 10.9 Å². The molecule has 1 aliphatic heterocycles. The lowest BCUT2D eigenvalue weighted by Gasteiger charge is -2.35. The van der Waals surface area contributed by atoms with Crippen molar-refractivity contribution in [2.24, 2.45) is 0 Å². The maximum atomic E-state index is 15.3. The molecule has 0 atom stereocenters. The fourth-order valence-electron chi connectivity index (χ4n) is 4.82. The van der Waals surface area contributed by atoms with Crippen molar-refractivity contribution in [3.63, 3.8) is 0 Å². The van der Waals surface area contributed by atoms with Gasteiger partial charge in [0.05, 0.1) is 31.1 Å². The minimum Gasteiger partial charge on any atom is -0.497 e. The number of pyridine rings is 1. The fourth-order valence-corrected chi connectivity index (χ4v) is 4.82. The summed E-state index contributed by atoms with van der Waals surface area (Å²) < 4.78 is 27.9. The number of aromatic nitrogens is 1. The normalized spacial score (nSPS) is 16.3. The van der Waals surface area contributed by atoms with Crippen LogP contribution in [0, 0.1) is 5.82 Å². The van der Waals surface area contributed by atoms with E-state index >= 15 is 4.39 Å². The van der Waals surface area contributed by atoms with E-state index in [9.17, 15) is 9.59 Å². The number of methoxy groups -OCH3 is 2. The van der Waals surface area contributed by atoms with Crippen LogP contribution in [-0.2, 0) is 0 Å². The van der Waals surface area contributed by atoms with E-state index in [2.05, 4.69) is 17.1 Å². The molecule has 5 rings (SSSR count). The lowest BCUT2D eigenvalue weighted by molar-refractivity contribution is 0.102. The molecule has 3 aromatic rings. The first-order valence-electron chi connectivity index (χ1n) is 12.3. The second-order valence-corrected chi connectivity index (χ2v) is 9.27. The van der Waals surface area contributed by atoms with Crippen LogP contribution in [0.4, 0.5) is 15.8 Å². The molecule has 8 nitrogen and oxygen atoms in total. The molecule has 36 heavy (non-hydrogen) atoms. The van der Waals surface area contributed by atoms with E-state index in [0.717, 1.165) is 45.6 Å². The number of hydrogen-bond donors (Lipinski definition) is 1. The largest absolute Gasteiger partial charge is 0.497 e. The highest BCUT2D eigenvalue weighted by molar-refractivity contribution is 6.06. The van der Waals surface area contributed by atoms with Crippen LogP contribution in [-0.4, -0.2) is 62.3 Å². The monoisotopic (exact) mass is 494 g/mol. The molecule has 0 radical (unpaired) electrons. The molecule has 0 unspecified atom stereocenters. The Kier molecular flexibility index (Phi) is 6.57. The summed E-state index contributed by atoms with van der Waals surface area (Å²) >= 11 is 0. The Morgan fingerprint density at radius 3 is 2.47 bits per heavy atom. The Hall–Kier alpha value is -3.59. The molecule has 2 heterocycles. The minimum atomic E-state index is -0.581. The van der Waals surface area contributed by atoms with E-state index in [1.54, 1.807) is 30.5 Å². The molecule has 2 aliphatic rings. The topological polar surface area (TPSA) is 76.0 Å². The summed E-state index contributed by atoms with van der Waals surface area (Å²) in [5.74, 6) is -0.0531. The van der Waals surface area contributed by atoms with Gasteiger partial charge in [-0.15, -0.1) is 0 Å². The van der Waals surface area contributed by atoms with Gasteiger partial charge >= 0.3 is 0 Å². The number of rotatable bonds is 7. The van der Waals surface area contributed by atoms with Gasteiger partial charge in [-0.3, -0.25) is 9.59 Å². The van der Waals surface area contributed by atoms with Crippen molar-refractivity contribution in [2.45, 2.75) is 25.8 Å². The molecule has 9 heteroatoms. The molecule has 190 valence electrons.